The lowest BCUT2D eigenvalue weighted by Gasteiger charge is -2.09. The molecule has 1 aromatic heterocycles. The zero-order valence-corrected chi connectivity index (χ0v) is 10.1. The summed E-state index contributed by atoms with van der Waals surface area (Å²) in [6, 6.07) is 5.87. The van der Waals surface area contributed by atoms with Crippen LogP contribution in [0.2, 0.25) is 0 Å². The fraction of sp³-hybridized carbons (Fsp3) is 0.231. The Labute approximate surface area is 104 Å². The molecule has 1 aromatic carbocycles. The molecule has 0 fully saturated rings. The Morgan fingerprint density at radius 3 is 2.78 bits per heavy atom. The summed E-state index contributed by atoms with van der Waals surface area (Å²) in [5, 5.41) is 4.02. The zero-order valence-electron chi connectivity index (χ0n) is 10.1. The first-order valence-corrected chi connectivity index (χ1v) is 5.61. The number of aromatic nitrogens is 2. The van der Waals surface area contributed by atoms with Crippen LogP contribution in [0.15, 0.2) is 35.3 Å². The monoisotopic (exact) mass is 247 g/mol. The number of nitrogens with zero attached hydrogens (tertiary/aromatic N) is 2. The Hall–Kier alpha value is -2.01. The van der Waals surface area contributed by atoms with E-state index >= 15 is 0 Å². The number of hydrogen-bond donors (Lipinski definition) is 1. The van der Waals surface area contributed by atoms with E-state index in [2.05, 4.69) is 5.10 Å². The highest BCUT2D eigenvalue weighted by molar-refractivity contribution is 5.28. The number of hydrogen-bond acceptors (Lipinski definition) is 3. The quantitative estimate of drug-likeness (QED) is 0.886. The molecule has 0 radical (unpaired) electrons. The van der Waals surface area contributed by atoms with E-state index in [1.54, 1.807) is 19.2 Å². The summed E-state index contributed by atoms with van der Waals surface area (Å²) < 4.78 is 14.5. The minimum Gasteiger partial charge on any atom is -0.326 e. The van der Waals surface area contributed by atoms with Crippen LogP contribution in [0, 0.1) is 12.7 Å². The minimum absolute atomic E-state index is 0.206. The SMILES string of the molecule is Cc1cnn(Cc2cc(F)ccc2CN)c(=O)c1. The minimum atomic E-state index is -0.345. The Balaban J connectivity index is 2.39. The summed E-state index contributed by atoms with van der Waals surface area (Å²) in [7, 11) is 0. The third-order valence-corrected chi connectivity index (χ3v) is 2.71. The van der Waals surface area contributed by atoms with Crippen LogP contribution in [-0.2, 0) is 13.1 Å². The molecule has 0 bridgehead atoms. The smallest absolute Gasteiger partial charge is 0.267 e. The van der Waals surface area contributed by atoms with Crippen molar-refractivity contribution in [1.29, 1.82) is 0 Å². The Bertz CT molecular complexity index is 622. The van der Waals surface area contributed by atoms with Crippen LogP contribution in [-0.4, -0.2) is 9.78 Å². The summed E-state index contributed by atoms with van der Waals surface area (Å²) in [5.74, 6) is -0.345. The van der Waals surface area contributed by atoms with E-state index in [9.17, 15) is 9.18 Å². The molecule has 5 heteroatoms. The van der Waals surface area contributed by atoms with Gasteiger partial charge in [-0.3, -0.25) is 4.79 Å². The van der Waals surface area contributed by atoms with Gasteiger partial charge in [0.05, 0.1) is 12.7 Å². The molecule has 0 aliphatic carbocycles. The van der Waals surface area contributed by atoms with Gasteiger partial charge in [0.1, 0.15) is 5.82 Å². The van der Waals surface area contributed by atoms with Crippen LogP contribution in [0.3, 0.4) is 0 Å². The highest BCUT2D eigenvalue weighted by Crippen LogP contribution is 2.11. The molecule has 4 nitrogen and oxygen atoms in total. The first kappa shape index (κ1) is 12.4. The lowest BCUT2D eigenvalue weighted by molar-refractivity contribution is 0.606. The van der Waals surface area contributed by atoms with Crippen molar-refractivity contribution in [2.24, 2.45) is 5.73 Å². The molecule has 0 saturated heterocycles. The highest BCUT2D eigenvalue weighted by Gasteiger charge is 2.06. The molecule has 0 atom stereocenters. The first-order chi connectivity index (χ1) is 8.60. The van der Waals surface area contributed by atoms with Gasteiger partial charge in [-0.05, 0) is 35.7 Å². The van der Waals surface area contributed by atoms with E-state index in [-0.39, 0.29) is 17.9 Å². The van der Waals surface area contributed by atoms with Crippen LogP contribution in [0.1, 0.15) is 16.7 Å². The van der Waals surface area contributed by atoms with Gasteiger partial charge in [0.25, 0.3) is 5.56 Å². The van der Waals surface area contributed by atoms with Gasteiger partial charge in [0.2, 0.25) is 0 Å². The highest BCUT2D eigenvalue weighted by atomic mass is 19.1. The topological polar surface area (TPSA) is 60.9 Å². The average Bonchev–Trinajstić information content (AvgIpc) is 2.33. The fourth-order valence-electron chi connectivity index (χ4n) is 1.75. The van der Waals surface area contributed by atoms with Crippen molar-refractivity contribution in [3.63, 3.8) is 0 Å². The van der Waals surface area contributed by atoms with Crippen molar-refractivity contribution >= 4 is 0 Å². The lowest BCUT2D eigenvalue weighted by Crippen LogP contribution is -2.23. The van der Waals surface area contributed by atoms with Gasteiger partial charge in [-0.15, -0.1) is 0 Å². The third kappa shape index (κ3) is 2.62. The first-order valence-electron chi connectivity index (χ1n) is 5.61. The molecule has 0 spiro atoms. The summed E-state index contributed by atoms with van der Waals surface area (Å²) in [6.45, 7) is 2.33. The maximum Gasteiger partial charge on any atom is 0.267 e. The van der Waals surface area contributed by atoms with E-state index in [0.717, 1.165) is 11.1 Å². The molecular weight excluding hydrogens is 233 g/mol. The van der Waals surface area contributed by atoms with E-state index in [1.807, 2.05) is 0 Å². The molecule has 2 N–H and O–H groups in total. The number of aryl methyl sites for hydroxylation is 1. The van der Waals surface area contributed by atoms with Crippen LogP contribution in [0.25, 0.3) is 0 Å². The molecule has 0 unspecified atom stereocenters. The van der Waals surface area contributed by atoms with Gasteiger partial charge < -0.3 is 5.73 Å². The van der Waals surface area contributed by atoms with Gasteiger partial charge in [-0.2, -0.15) is 5.10 Å². The summed E-state index contributed by atoms with van der Waals surface area (Å²) in [5.41, 5.74) is 7.67. The van der Waals surface area contributed by atoms with Crippen molar-refractivity contribution < 1.29 is 4.39 Å². The van der Waals surface area contributed by atoms with Crippen LogP contribution in [0.5, 0.6) is 0 Å². The summed E-state index contributed by atoms with van der Waals surface area (Å²) in [4.78, 5) is 11.7. The molecule has 0 saturated carbocycles. The molecule has 2 rings (SSSR count). The molecule has 18 heavy (non-hydrogen) atoms. The van der Waals surface area contributed by atoms with Crippen molar-refractivity contribution in [2.75, 3.05) is 0 Å². The second-order valence-electron chi connectivity index (χ2n) is 4.15. The third-order valence-electron chi connectivity index (χ3n) is 2.71. The van der Waals surface area contributed by atoms with Gasteiger partial charge in [-0.25, -0.2) is 9.07 Å². The molecule has 0 aliphatic rings. The van der Waals surface area contributed by atoms with E-state index in [4.69, 9.17) is 5.73 Å². The Morgan fingerprint density at radius 1 is 1.33 bits per heavy atom. The van der Waals surface area contributed by atoms with Gasteiger partial charge in [0.15, 0.2) is 0 Å². The number of halogens is 1. The zero-order chi connectivity index (χ0) is 13.1. The van der Waals surface area contributed by atoms with Crippen LogP contribution in [0.4, 0.5) is 4.39 Å². The molecule has 94 valence electrons. The second kappa shape index (κ2) is 5.10. The predicted octanol–water partition coefficient (Wildman–Crippen LogP) is 1.20. The van der Waals surface area contributed by atoms with Crippen molar-refractivity contribution in [3.8, 4) is 0 Å². The predicted molar refractivity (Wildman–Crippen MR) is 66.6 cm³/mol. The van der Waals surface area contributed by atoms with Crippen LogP contribution >= 0.6 is 0 Å². The maximum absolute atomic E-state index is 13.2. The van der Waals surface area contributed by atoms with E-state index < -0.39 is 0 Å². The normalized spacial score (nSPS) is 10.6. The van der Waals surface area contributed by atoms with Crippen molar-refractivity contribution in [1.82, 2.24) is 9.78 Å². The number of benzene rings is 1. The van der Waals surface area contributed by atoms with Gasteiger partial charge in [-0.1, -0.05) is 6.07 Å². The van der Waals surface area contributed by atoms with Crippen molar-refractivity contribution in [2.45, 2.75) is 20.0 Å². The number of rotatable bonds is 3. The summed E-state index contributed by atoms with van der Waals surface area (Å²) >= 11 is 0. The standard InChI is InChI=1S/C13H14FN3O/c1-9-4-13(18)17(16-7-9)8-11-5-12(14)3-2-10(11)6-15/h2-5,7H,6,8,15H2,1H3. The van der Waals surface area contributed by atoms with E-state index in [1.165, 1.54) is 22.9 Å². The second-order valence-corrected chi connectivity index (χ2v) is 4.15. The molecule has 0 amide bonds. The van der Waals surface area contributed by atoms with Crippen molar-refractivity contribution in [3.05, 3.63) is 63.3 Å². The summed E-state index contributed by atoms with van der Waals surface area (Å²) in [6.07, 6.45) is 1.60. The molecule has 1 heterocycles. The largest absolute Gasteiger partial charge is 0.326 e. The van der Waals surface area contributed by atoms with Crippen LogP contribution < -0.4 is 11.3 Å². The van der Waals surface area contributed by atoms with Gasteiger partial charge in [0, 0.05) is 12.6 Å². The fourth-order valence-corrected chi connectivity index (χ4v) is 1.75. The number of nitrogens with two attached hydrogens (primary N) is 1. The van der Waals surface area contributed by atoms with E-state index in [0.29, 0.717) is 12.1 Å². The Kier molecular flexibility index (Phi) is 3.53. The maximum atomic E-state index is 13.2. The molecule has 2 aromatic rings. The molecular formula is C13H14FN3O. The Morgan fingerprint density at radius 2 is 2.11 bits per heavy atom. The lowest BCUT2D eigenvalue weighted by atomic mass is 10.1. The van der Waals surface area contributed by atoms with Gasteiger partial charge >= 0.3 is 0 Å². The molecule has 0 aliphatic heterocycles. The average molecular weight is 247 g/mol.